The molecular formula is C13H14F2N2O3. The van der Waals surface area contributed by atoms with E-state index in [0.717, 1.165) is 18.9 Å². The molecule has 1 saturated carbocycles. The van der Waals surface area contributed by atoms with Crippen LogP contribution in [-0.2, 0) is 9.53 Å². The lowest BCUT2D eigenvalue weighted by atomic mass is 10.2. The van der Waals surface area contributed by atoms with Crippen LogP contribution in [0.2, 0.25) is 0 Å². The summed E-state index contributed by atoms with van der Waals surface area (Å²) in [5.74, 6) is -3.05. The van der Waals surface area contributed by atoms with Crippen molar-refractivity contribution in [2.75, 3.05) is 18.9 Å². The van der Waals surface area contributed by atoms with Gasteiger partial charge in [-0.3, -0.25) is 4.79 Å². The number of hydrogen-bond donors (Lipinski definition) is 2. The van der Waals surface area contributed by atoms with E-state index in [9.17, 15) is 18.4 Å². The highest BCUT2D eigenvalue weighted by Crippen LogP contribution is 2.27. The Morgan fingerprint density at radius 1 is 1.30 bits per heavy atom. The van der Waals surface area contributed by atoms with Crippen molar-refractivity contribution in [2.45, 2.75) is 12.8 Å². The molecule has 1 aromatic carbocycles. The number of amides is 1. The average Bonchev–Trinajstić information content (AvgIpc) is 3.22. The zero-order valence-corrected chi connectivity index (χ0v) is 10.6. The highest BCUT2D eigenvalue weighted by atomic mass is 19.1. The Balaban J connectivity index is 1.87. The van der Waals surface area contributed by atoms with Crippen molar-refractivity contribution in [3.63, 3.8) is 0 Å². The molecule has 1 aromatic rings. The van der Waals surface area contributed by atoms with Gasteiger partial charge in [0.1, 0.15) is 11.6 Å². The van der Waals surface area contributed by atoms with Crippen molar-refractivity contribution >= 4 is 17.6 Å². The summed E-state index contributed by atoms with van der Waals surface area (Å²) in [5.41, 5.74) is 4.38. The maximum Gasteiger partial charge on any atom is 0.341 e. The molecule has 0 atom stereocenters. The van der Waals surface area contributed by atoms with Gasteiger partial charge in [0, 0.05) is 12.6 Å². The molecule has 5 nitrogen and oxygen atoms in total. The van der Waals surface area contributed by atoms with E-state index in [1.54, 1.807) is 0 Å². The molecule has 0 aromatic heterocycles. The number of carbonyl (C=O) groups excluding carboxylic acids is 2. The highest BCUT2D eigenvalue weighted by Gasteiger charge is 2.22. The Kier molecular flexibility index (Phi) is 4.16. The highest BCUT2D eigenvalue weighted by molar-refractivity contribution is 5.92. The second-order valence-corrected chi connectivity index (χ2v) is 4.68. The lowest BCUT2D eigenvalue weighted by molar-refractivity contribution is -0.124. The quantitative estimate of drug-likeness (QED) is 0.629. The molecule has 7 heteroatoms. The van der Waals surface area contributed by atoms with Crippen molar-refractivity contribution in [1.82, 2.24) is 5.32 Å². The maximum absolute atomic E-state index is 13.4. The molecule has 0 saturated heterocycles. The number of anilines is 1. The standard InChI is InChI=1S/C13H14F2N2O3/c14-9-4-10(15)11(16)3-8(9)13(19)20-6-12(18)17-5-7-1-2-7/h3-4,7H,1-2,5-6,16H2,(H,17,18). The van der Waals surface area contributed by atoms with Crippen LogP contribution in [-0.4, -0.2) is 25.0 Å². The molecule has 0 aliphatic heterocycles. The maximum atomic E-state index is 13.4. The number of carbonyl (C=O) groups is 2. The van der Waals surface area contributed by atoms with E-state index in [1.807, 2.05) is 0 Å². The van der Waals surface area contributed by atoms with Gasteiger partial charge in [-0.05, 0) is 24.8 Å². The second-order valence-electron chi connectivity index (χ2n) is 4.68. The van der Waals surface area contributed by atoms with Crippen LogP contribution in [0.5, 0.6) is 0 Å². The van der Waals surface area contributed by atoms with E-state index in [2.05, 4.69) is 10.1 Å². The van der Waals surface area contributed by atoms with Crippen LogP contribution >= 0.6 is 0 Å². The number of ether oxygens (including phenoxy) is 1. The van der Waals surface area contributed by atoms with Gasteiger partial charge in [-0.2, -0.15) is 0 Å². The average molecular weight is 284 g/mol. The summed E-state index contributed by atoms with van der Waals surface area (Å²) in [6, 6.07) is 1.34. The van der Waals surface area contributed by atoms with Crippen molar-refractivity contribution in [1.29, 1.82) is 0 Å². The number of nitrogens with one attached hydrogen (secondary N) is 1. The summed E-state index contributed by atoms with van der Waals surface area (Å²) in [7, 11) is 0. The Hall–Kier alpha value is -2.18. The SMILES string of the molecule is Nc1cc(C(=O)OCC(=O)NCC2CC2)c(F)cc1F. The molecule has 1 aliphatic rings. The van der Waals surface area contributed by atoms with Crippen LogP contribution in [0.25, 0.3) is 0 Å². The Morgan fingerprint density at radius 2 is 2.00 bits per heavy atom. The molecule has 3 N–H and O–H groups in total. The van der Waals surface area contributed by atoms with Crippen LogP contribution in [0.3, 0.4) is 0 Å². The first-order valence-electron chi connectivity index (χ1n) is 6.15. The topological polar surface area (TPSA) is 81.4 Å². The van der Waals surface area contributed by atoms with E-state index in [0.29, 0.717) is 18.5 Å². The molecule has 108 valence electrons. The monoisotopic (exact) mass is 284 g/mol. The van der Waals surface area contributed by atoms with Crippen molar-refractivity contribution in [3.05, 3.63) is 29.3 Å². The summed E-state index contributed by atoms with van der Waals surface area (Å²) in [5, 5.41) is 2.59. The number of hydrogen-bond acceptors (Lipinski definition) is 4. The second kappa shape index (κ2) is 5.85. The van der Waals surface area contributed by atoms with Gasteiger partial charge in [-0.1, -0.05) is 0 Å². The summed E-state index contributed by atoms with van der Waals surface area (Å²) >= 11 is 0. The minimum absolute atomic E-state index is 0.364. The van der Waals surface area contributed by atoms with Crippen molar-refractivity contribution < 1.29 is 23.1 Å². The van der Waals surface area contributed by atoms with Crippen LogP contribution in [0.4, 0.5) is 14.5 Å². The number of halogens is 2. The Morgan fingerprint density at radius 3 is 2.65 bits per heavy atom. The normalized spacial score (nSPS) is 13.9. The predicted molar refractivity (Wildman–Crippen MR) is 66.8 cm³/mol. The van der Waals surface area contributed by atoms with Gasteiger partial charge in [0.25, 0.3) is 5.91 Å². The van der Waals surface area contributed by atoms with E-state index in [1.165, 1.54) is 0 Å². The number of nitrogens with two attached hydrogens (primary N) is 1. The lowest BCUT2D eigenvalue weighted by Crippen LogP contribution is -2.30. The summed E-state index contributed by atoms with van der Waals surface area (Å²) in [4.78, 5) is 22.9. The molecule has 0 heterocycles. The van der Waals surface area contributed by atoms with Crippen LogP contribution < -0.4 is 11.1 Å². The lowest BCUT2D eigenvalue weighted by Gasteiger charge is -2.07. The van der Waals surface area contributed by atoms with E-state index in [4.69, 9.17) is 5.73 Å². The van der Waals surface area contributed by atoms with Gasteiger partial charge in [-0.25, -0.2) is 13.6 Å². The largest absolute Gasteiger partial charge is 0.452 e. The van der Waals surface area contributed by atoms with Gasteiger partial charge in [0.15, 0.2) is 6.61 Å². The minimum Gasteiger partial charge on any atom is -0.452 e. The van der Waals surface area contributed by atoms with Gasteiger partial charge in [-0.15, -0.1) is 0 Å². The molecule has 2 rings (SSSR count). The molecule has 1 amide bonds. The summed E-state index contributed by atoms with van der Waals surface area (Å²) in [6.45, 7) is 0.0382. The molecule has 0 radical (unpaired) electrons. The van der Waals surface area contributed by atoms with Crippen LogP contribution in [0, 0.1) is 17.6 Å². The molecule has 1 aliphatic carbocycles. The number of benzene rings is 1. The molecule has 0 bridgehead atoms. The third kappa shape index (κ3) is 3.66. The number of rotatable bonds is 5. The molecule has 0 unspecified atom stereocenters. The molecule has 1 fully saturated rings. The summed E-state index contributed by atoms with van der Waals surface area (Å²) < 4.78 is 31.0. The van der Waals surface area contributed by atoms with Crippen LogP contribution in [0.1, 0.15) is 23.2 Å². The number of esters is 1. The van der Waals surface area contributed by atoms with Gasteiger partial charge in [0.2, 0.25) is 0 Å². The van der Waals surface area contributed by atoms with Gasteiger partial charge in [0.05, 0.1) is 11.3 Å². The Bertz CT molecular complexity index is 545. The summed E-state index contributed by atoms with van der Waals surface area (Å²) in [6.07, 6.45) is 2.17. The van der Waals surface area contributed by atoms with E-state index >= 15 is 0 Å². The first kappa shape index (κ1) is 14.2. The van der Waals surface area contributed by atoms with Gasteiger partial charge < -0.3 is 15.8 Å². The zero-order valence-electron chi connectivity index (χ0n) is 10.6. The zero-order chi connectivity index (χ0) is 14.7. The fraction of sp³-hybridized carbons (Fsp3) is 0.385. The van der Waals surface area contributed by atoms with Gasteiger partial charge >= 0.3 is 5.97 Å². The third-order valence-corrected chi connectivity index (χ3v) is 2.93. The number of nitrogen functional groups attached to an aromatic ring is 1. The predicted octanol–water partition coefficient (Wildman–Crippen LogP) is 1.23. The van der Waals surface area contributed by atoms with Crippen molar-refractivity contribution in [2.24, 2.45) is 5.92 Å². The first-order chi connectivity index (χ1) is 9.47. The fourth-order valence-electron chi connectivity index (χ4n) is 1.56. The Labute approximate surface area is 114 Å². The van der Waals surface area contributed by atoms with Crippen LogP contribution in [0.15, 0.2) is 12.1 Å². The first-order valence-corrected chi connectivity index (χ1v) is 6.15. The molecule has 0 spiro atoms. The molecule has 20 heavy (non-hydrogen) atoms. The van der Waals surface area contributed by atoms with Crippen molar-refractivity contribution in [3.8, 4) is 0 Å². The fourth-order valence-corrected chi connectivity index (χ4v) is 1.56. The smallest absolute Gasteiger partial charge is 0.341 e. The van der Waals surface area contributed by atoms with E-state index in [-0.39, 0.29) is 5.69 Å². The third-order valence-electron chi connectivity index (χ3n) is 2.93. The van der Waals surface area contributed by atoms with E-state index < -0.39 is 35.7 Å². The minimum atomic E-state index is -1.08. The molecular weight excluding hydrogens is 270 g/mol.